The lowest BCUT2D eigenvalue weighted by Gasteiger charge is -2.26. The van der Waals surface area contributed by atoms with Gasteiger partial charge in [0, 0.05) is 19.3 Å². The van der Waals surface area contributed by atoms with Crippen LogP contribution in [-0.4, -0.2) is 46.4 Å². The van der Waals surface area contributed by atoms with Gasteiger partial charge in [-0.1, -0.05) is 35.9 Å². The van der Waals surface area contributed by atoms with Crippen molar-refractivity contribution in [2.75, 3.05) is 18.4 Å². The molecule has 0 spiro atoms. The fourth-order valence-corrected chi connectivity index (χ4v) is 6.05. The highest BCUT2D eigenvalue weighted by molar-refractivity contribution is 8.00. The summed E-state index contributed by atoms with van der Waals surface area (Å²) < 4.78 is 29.3. The third kappa shape index (κ3) is 4.74. The van der Waals surface area contributed by atoms with Gasteiger partial charge in [-0.2, -0.15) is 4.31 Å². The van der Waals surface area contributed by atoms with Crippen LogP contribution in [0.3, 0.4) is 0 Å². The average molecular weight is 479 g/mol. The van der Waals surface area contributed by atoms with Gasteiger partial charge in [-0.25, -0.2) is 13.4 Å². The zero-order valence-corrected chi connectivity index (χ0v) is 19.4. The number of imidazole rings is 1. The van der Waals surface area contributed by atoms with Gasteiger partial charge in [0.05, 0.1) is 32.6 Å². The van der Waals surface area contributed by atoms with Crippen LogP contribution in [0.15, 0.2) is 58.8 Å². The number of halogens is 1. The Morgan fingerprint density at radius 3 is 2.74 bits per heavy atom. The zero-order valence-electron chi connectivity index (χ0n) is 17.0. The molecule has 1 aliphatic heterocycles. The summed E-state index contributed by atoms with van der Waals surface area (Å²) >= 11 is 7.57. The number of hydrogen-bond donors (Lipinski definition) is 1. The van der Waals surface area contributed by atoms with Crippen LogP contribution < -0.4 is 5.32 Å². The number of amides is 1. The number of sulfonamides is 1. The molecule has 2 aromatic heterocycles. The van der Waals surface area contributed by atoms with Crippen LogP contribution in [0.25, 0.3) is 5.52 Å². The van der Waals surface area contributed by atoms with Gasteiger partial charge in [0.2, 0.25) is 15.9 Å². The summed E-state index contributed by atoms with van der Waals surface area (Å²) in [5.41, 5.74) is 1.22. The van der Waals surface area contributed by atoms with E-state index < -0.39 is 15.3 Å². The molecular weight excluding hydrogens is 456 g/mol. The van der Waals surface area contributed by atoms with E-state index in [2.05, 4.69) is 10.3 Å². The third-order valence-corrected chi connectivity index (χ3v) is 8.51. The molecule has 4 rings (SSSR count). The number of aromatic nitrogens is 2. The normalized spacial score (nSPS) is 16.3. The fourth-order valence-electron chi connectivity index (χ4n) is 3.47. The minimum absolute atomic E-state index is 0.133. The van der Waals surface area contributed by atoms with Gasteiger partial charge in [0.25, 0.3) is 0 Å². The smallest absolute Gasteiger partial charge is 0.243 e. The number of carbonyl (C=O) groups is 1. The molecule has 1 fully saturated rings. The molecule has 1 unspecified atom stereocenters. The van der Waals surface area contributed by atoms with Gasteiger partial charge in [0.1, 0.15) is 0 Å². The molecule has 3 aromatic rings. The highest BCUT2D eigenvalue weighted by Crippen LogP contribution is 2.30. The Bertz CT molecular complexity index is 1210. The van der Waals surface area contributed by atoms with Crippen molar-refractivity contribution in [3.63, 3.8) is 0 Å². The molecule has 164 valence electrons. The van der Waals surface area contributed by atoms with Gasteiger partial charge >= 0.3 is 0 Å². The summed E-state index contributed by atoms with van der Waals surface area (Å²) in [6.45, 7) is 2.80. The second kappa shape index (κ2) is 9.20. The standard InChI is InChI=1S/C21H23ClN4O3S2/c1-15(30-21-23-14-16-7-3-6-12-26(16)21)20(27)24-19-13-17(8-9-18(19)22)31(28,29)25-10-4-2-5-11-25/h3,6-9,12-15H,2,4-5,10-11H2,1H3,(H,24,27). The van der Waals surface area contributed by atoms with Crippen molar-refractivity contribution in [2.45, 2.75) is 41.5 Å². The van der Waals surface area contributed by atoms with E-state index in [9.17, 15) is 13.2 Å². The Morgan fingerprint density at radius 2 is 1.97 bits per heavy atom. The number of anilines is 1. The minimum Gasteiger partial charge on any atom is -0.324 e. The van der Waals surface area contributed by atoms with Crippen molar-refractivity contribution in [1.82, 2.24) is 13.7 Å². The van der Waals surface area contributed by atoms with Crippen molar-refractivity contribution in [1.29, 1.82) is 0 Å². The van der Waals surface area contributed by atoms with Crippen LogP contribution >= 0.6 is 23.4 Å². The molecule has 1 aliphatic rings. The van der Waals surface area contributed by atoms with Gasteiger partial charge in [-0.15, -0.1) is 0 Å². The largest absolute Gasteiger partial charge is 0.324 e. The maximum Gasteiger partial charge on any atom is 0.243 e. The third-order valence-electron chi connectivity index (χ3n) is 5.20. The molecule has 1 amide bonds. The summed E-state index contributed by atoms with van der Waals surface area (Å²) in [5.74, 6) is -0.285. The SMILES string of the molecule is CC(Sc1ncc2ccccn12)C(=O)Nc1cc(S(=O)(=O)N2CCCCC2)ccc1Cl. The molecule has 10 heteroatoms. The number of benzene rings is 1. The predicted octanol–water partition coefficient (Wildman–Crippen LogP) is 4.28. The van der Waals surface area contributed by atoms with E-state index in [1.165, 1.54) is 34.3 Å². The maximum absolute atomic E-state index is 13.0. The first-order valence-electron chi connectivity index (χ1n) is 10.1. The van der Waals surface area contributed by atoms with Crippen LogP contribution in [0.5, 0.6) is 0 Å². The van der Waals surface area contributed by atoms with Crippen molar-refractivity contribution < 1.29 is 13.2 Å². The van der Waals surface area contributed by atoms with E-state index in [0.717, 1.165) is 24.8 Å². The predicted molar refractivity (Wildman–Crippen MR) is 123 cm³/mol. The first-order valence-corrected chi connectivity index (χ1v) is 12.8. The van der Waals surface area contributed by atoms with E-state index in [4.69, 9.17) is 11.6 Å². The molecule has 31 heavy (non-hydrogen) atoms. The van der Waals surface area contributed by atoms with E-state index >= 15 is 0 Å². The number of fused-ring (bicyclic) bond motifs is 1. The lowest BCUT2D eigenvalue weighted by Crippen LogP contribution is -2.35. The number of carbonyl (C=O) groups excluding carboxylic acids is 1. The minimum atomic E-state index is -3.62. The van der Waals surface area contributed by atoms with E-state index in [1.807, 2.05) is 28.8 Å². The van der Waals surface area contributed by atoms with Crippen molar-refractivity contribution in [3.05, 3.63) is 53.8 Å². The number of rotatable bonds is 6. The Labute approximate surface area is 190 Å². The van der Waals surface area contributed by atoms with E-state index in [-0.39, 0.29) is 21.5 Å². The number of nitrogens with one attached hydrogen (secondary N) is 1. The van der Waals surface area contributed by atoms with Gasteiger partial charge in [-0.05, 0) is 50.1 Å². The van der Waals surface area contributed by atoms with E-state index in [0.29, 0.717) is 18.2 Å². The Hall–Kier alpha value is -2.07. The first kappa shape index (κ1) is 22.1. The van der Waals surface area contributed by atoms with Crippen molar-refractivity contribution >= 4 is 50.5 Å². The van der Waals surface area contributed by atoms with Crippen LogP contribution in [0.4, 0.5) is 5.69 Å². The van der Waals surface area contributed by atoms with Crippen LogP contribution in [0.1, 0.15) is 26.2 Å². The molecular formula is C21H23ClN4O3S2. The molecule has 3 heterocycles. The van der Waals surface area contributed by atoms with Gasteiger partial charge < -0.3 is 5.32 Å². The molecule has 1 saturated heterocycles. The number of pyridine rings is 1. The number of thioether (sulfide) groups is 1. The average Bonchev–Trinajstić information content (AvgIpc) is 3.18. The highest BCUT2D eigenvalue weighted by Gasteiger charge is 2.27. The summed E-state index contributed by atoms with van der Waals surface area (Å²) in [6.07, 6.45) is 6.39. The number of nitrogens with zero attached hydrogens (tertiary/aromatic N) is 3. The Balaban J connectivity index is 1.50. The monoisotopic (exact) mass is 478 g/mol. The number of hydrogen-bond acceptors (Lipinski definition) is 5. The number of piperidine rings is 1. The van der Waals surface area contributed by atoms with Crippen LogP contribution in [0.2, 0.25) is 5.02 Å². The van der Waals surface area contributed by atoms with Crippen molar-refractivity contribution in [3.8, 4) is 0 Å². The molecule has 0 saturated carbocycles. The molecule has 7 nitrogen and oxygen atoms in total. The molecule has 1 N–H and O–H groups in total. The Morgan fingerprint density at radius 1 is 1.19 bits per heavy atom. The molecule has 0 bridgehead atoms. The molecule has 0 aliphatic carbocycles. The zero-order chi connectivity index (χ0) is 22.0. The highest BCUT2D eigenvalue weighted by atomic mass is 35.5. The lowest BCUT2D eigenvalue weighted by atomic mass is 10.2. The summed E-state index contributed by atoms with van der Waals surface area (Å²) in [6, 6.07) is 10.2. The maximum atomic E-state index is 13.0. The summed E-state index contributed by atoms with van der Waals surface area (Å²) in [7, 11) is -3.62. The summed E-state index contributed by atoms with van der Waals surface area (Å²) in [4.78, 5) is 17.3. The quantitative estimate of drug-likeness (QED) is 0.534. The van der Waals surface area contributed by atoms with Crippen LogP contribution in [0, 0.1) is 0 Å². The Kier molecular flexibility index (Phi) is 6.57. The van der Waals surface area contributed by atoms with Crippen molar-refractivity contribution in [2.24, 2.45) is 0 Å². The van der Waals surface area contributed by atoms with E-state index in [1.54, 1.807) is 13.1 Å². The van der Waals surface area contributed by atoms with Gasteiger partial charge in [0.15, 0.2) is 5.16 Å². The van der Waals surface area contributed by atoms with Gasteiger partial charge in [-0.3, -0.25) is 9.20 Å². The lowest BCUT2D eigenvalue weighted by molar-refractivity contribution is -0.115. The molecule has 0 radical (unpaired) electrons. The second-order valence-corrected chi connectivity index (χ2v) is 11.0. The molecule has 1 aromatic carbocycles. The topological polar surface area (TPSA) is 83.8 Å². The first-order chi connectivity index (χ1) is 14.9. The van der Waals surface area contributed by atoms with Crippen LogP contribution in [-0.2, 0) is 14.8 Å². The summed E-state index contributed by atoms with van der Waals surface area (Å²) in [5, 5.41) is 3.29. The second-order valence-electron chi connectivity index (χ2n) is 7.39. The fraction of sp³-hybridized carbons (Fsp3) is 0.333. The molecule has 1 atom stereocenters.